The summed E-state index contributed by atoms with van der Waals surface area (Å²) in [6.07, 6.45) is 10.2. The van der Waals surface area contributed by atoms with E-state index in [0.29, 0.717) is 0 Å². The minimum atomic E-state index is 0.782. The van der Waals surface area contributed by atoms with Crippen LogP contribution in [0, 0.1) is 0 Å². The summed E-state index contributed by atoms with van der Waals surface area (Å²) in [4.78, 5) is 7.11. The van der Waals surface area contributed by atoms with Crippen molar-refractivity contribution in [2.45, 2.75) is 44.4 Å². The van der Waals surface area contributed by atoms with Crippen molar-refractivity contribution in [3.8, 4) is 0 Å². The predicted octanol–water partition coefficient (Wildman–Crippen LogP) is 3.34. The third kappa shape index (κ3) is 1.81. The summed E-state index contributed by atoms with van der Waals surface area (Å²) in [5.74, 6) is 2.07. The number of pyridine rings is 1. The highest BCUT2D eigenvalue weighted by Crippen LogP contribution is 2.38. The van der Waals surface area contributed by atoms with E-state index >= 15 is 0 Å². The van der Waals surface area contributed by atoms with Crippen LogP contribution in [0.1, 0.15) is 50.0 Å². The van der Waals surface area contributed by atoms with Gasteiger partial charge in [0.25, 0.3) is 0 Å². The van der Waals surface area contributed by atoms with Crippen LogP contribution in [0.25, 0.3) is 0 Å². The van der Waals surface area contributed by atoms with Crippen LogP contribution < -0.4 is 4.90 Å². The molecule has 16 heavy (non-hydrogen) atoms. The van der Waals surface area contributed by atoms with E-state index in [0.717, 1.165) is 5.92 Å². The Balaban J connectivity index is 1.90. The quantitative estimate of drug-likeness (QED) is 0.753. The van der Waals surface area contributed by atoms with Gasteiger partial charge in [0.2, 0.25) is 0 Å². The molecule has 86 valence electrons. The molecule has 2 aliphatic rings. The lowest BCUT2D eigenvalue weighted by Gasteiger charge is -2.22. The van der Waals surface area contributed by atoms with Crippen molar-refractivity contribution < 1.29 is 0 Å². The molecule has 2 heteroatoms. The third-order valence-electron chi connectivity index (χ3n) is 4.02. The highest BCUT2D eigenvalue weighted by atomic mass is 15.2. The lowest BCUT2D eigenvalue weighted by Crippen LogP contribution is -2.21. The molecule has 0 amide bonds. The van der Waals surface area contributed by atoms with Crippen molar-refractivity contribution in [1.29, 1.82) is 0 Å². The van der Waals surface area contributed by atoms with Crippen LogP contribution in [0.4, 0.5) is 5.82 Å². The largest absolute Gasteiger partial charge is 0.356 e. The summed E-state index contributed by atoms with van der Waals surface area (Å²) in [6, 6.07) is 4.41. The van der Waals surface area contributed by atoms with E-state index in [-0.39, 0.29) is 0 Å². The van der Waals surface area contributed by atoms with Gasteiger partial charge in [0.15, 0.2) is 0 Å². The minimum Gasteiger partial charge on any atom is -0.356 e. The van der Waals surface area contributed by atoms with Gasteiger partial charge in [-0.2, -0.15) is 0 Å². The SMILES string of the molecule is c1cnc(N2CCCC2)c(C2CCCC2)c1. The molecule has 0 radical (unpaired) electrons. The second-order valence-corrected chi connectivity index (χ2v) is 5.09. The van der Waals surface area contributed by atoms with Gasteiger partial charge in [-0.15, -0.1) is 0 Å². The second-order valence-electron chi connectivity index (χ2n) is 5.09. The van der Waals surface area contributed by atoms with Gasteiger partial charge in [-0.25, -0.2) is 4.98 Å². The molecule has 1 saturated heterocycles. The number of hydrogen-bond acceptors (Lipinski definition) is 2. The molecule has 3 rings (SSSR count). The summed E-state index contributed by atoms with van der Waals surface area (Å²) in [7, 11) is 0. The fourth-order valence-electron chi connectivity index (χ4n) is 3.16. The van der Waals surface area contributed by atoms with Gasteiger partial charge in [0.05, 0.1) is 0 Å². The molecule has 0 spiro atoms. The van der Waals surface area contributed by atoms with Crippen molar-refractivity contribution in [2.24, 2.45) is 0 Å². The van der Waals surface area contributed by atoms with Gasteiger partial charge in [-0.1, -0.05) is 18.9 Å². The molecule has 0 atom stereocenters. The van der Waals surface area contributed by atoms with Crippen LogP contribution in [-0.2, 0) is 0 Å². The first-order valence-corrected chi connectivity index (χ1v) is 6.65. The Kier molecular flexibility index (Phi) is 2.81. The number of aromatic nitrogens is 1. The van der Waals surface area contributed by atoms with Crippen molar-refractivity contribution in [1.82, 2.24) is 4.98 Å². The zero-order valence-electron chi connectivity index (χ0n) is 9.86. The topological polar surface area (TPSA) is 16.1 Å². The molecule has 2 nitrogen and oxygen atoms in total. The fourth-order valence-corrected chi connectivity index (χ4v) is 3.16. The van der Waals surface area contributed by atoms with E-state index in [4.69, 9.17) is 0 Å². The van der Waals surface area contributed by atoms with Crippen LogP contribution in [0.3, 0.4) is 0 Å². The highest BCUT2D eigenvalue weighted by molar-refractivity contribution is 5.49. The summed E-state index contributed by atoms with van der Waals surface area (Å²) in [6.45, 7) is 2.41. The van der Waals surface area contributed by atoms with E-state index < -0.39 is 0 Å². The maximum Gasteiger partial charge on any atom is 0.131 e. The summed E-state index contributed by atoms with van der Waals surface area (Å²) >= 11 is 0. The third-order valence-corrected chi connectivity index (χ3v) is 4.02. The molecular weight excluding hydrogens is 196 g/mol. The summed E-state index contributed by atoms with van der Waals surface area (Å²) in [5, 5.41) is 0. The zero-order valence-corrected chi connectivity index (χ0v) is 9.86. The first-order chi connectivity index (χ1) is 7.95. The lowest BCUT2D eigenvalue weighted by atomic mass is 9.98. The molecule has 1 aliphatic heterocycles. The van der Waals surface area contributed by atoms with Gasteiger partial charge in [-0.05, 0) is 43.2 Å². The molecular formula is C14H20N2. The predicted molar refractivity (Wildman–Crippen MR) is 66.9 cm³/mol. The molecule has 0 unspecified atom stereocenters. The number of anilines is 1. The van der Waals surface area contributed by atoms with E-state index in [2.05, 4.69) is 22.0 Å². The van der Waals surface area contributed by atoms with Gasteiger partial charge in [0.1, 0.15) is 5.82 Å². The Bertz CT molecular complexity index is 315. The van der Waals surface area contributed by atoms with Crippen molar-refractivity contribution in [2.75, 3.05) is 18.0 Å². The zero-order chi connectivity index (χ0) is 10.8. The van der Waals surface area contributed by atoms with Crippen LogP contribution in [0.2, 0.25) is 0 Å². The van der Waals surface area contributed by atoms with Gasteiger partial charge >= 0.3 is 0 Å². The Morgan fingerprint density at radius 3 is 2.56 bits per heavy atom. The number of rotatable bonds is 2. The average Bonchev–Trinajstić information content (AvgIpc) is 3.03. The Hall–Kier alpha value is -1.05. The first kappa shape index (κ1) is 10.1. The minimum absolute atomic E-state index is 0.782. The Morgan fingerprint density at radius 2 is 1.81 bits per heavy atom. The molecule has 0 bridgehead atoms. The van der Waals surface area contributed by atoms with Gasteiger partial charge < -0.3 is 4.90 Å². The highest BCUT2D eigenvalue weighted by Gasteiger charge is 2.24. The van der Waals surface area contributed by atoms with Crippen LogP contribution in [-0.4, -0.2) is 18.1 Å². The smallest absolute Gasteiger partial charge is 0.131 e. The first-order valence-electron chi connectivity index (χ1n) is 6.65. The lowest BCUT2D eigenvalue weighted by molar-refractivity contribution is 0.713. The molecule has 2 fully saturated rings. The molecule has 0 aromatic carbocycles. The van der Waals surface area contributed by atoms with Crippen LogP contribution in [0.15, 0.2) is 18.3 Å². The molecule has 1 saturated carbocycles. The molecule has 0 N–H and O–H groups in total. The second kappa shape index (κ2) is 4.44. The average molecular weight is 216 g/mol. The molecule has 2 heterocycles. The maximum absolute atomic E-state index is 4.63. The standard InChI is InChI=1S/C14H20N2/c1-2-7-12(6-1)13-8-5-9-15-14(13)16-10-3-4-11-16/h5,8-9,12H,1-4,6-7,10-11H2. The van der Waals surface area contributed by atoms with Gasteiger partial charge in [-0.3, -0.25) is 0 Å². The maximum atomic E-state index is 4.63. The monoisotopic (exact) mass is 216 g/mol. The van der Waals surface area contributed by atoms with Crippen LogP contribution in [0.5, 0.6) is 0 Å². The van der Waals surface area contributed by atoms with Gasteiger partial charge in [0, 0.05) is 19.3 Å². The van der Waals surface area contributed by atoms with E-state index in [1.807, 2.05) is 6.20 Å². The number of hydrogen-bond donors (Lipinski definition) is 0. The van der Waals surface area contributed by atoms with E-state index in [1.165, 1.54) is 63.0 Å². The molecule has 1 aromatic rings. The van der Waals surface area contributed by atoms with Crippen molar-refractivity contribution >= 4 is 5.82 Å². The van der Waals surface area contributed by atoms with Crippen molar-refractivity contribution in [3.05, 3.63) is 23.9 Å². The molecule has 1 aromatic heterocycles. The molecule has 1 aliphatic carbocycles. The number of nitrogens with zero attached hydrogens (tertiary/aromatic N) is 2. The van der Waals surface area contributed by atoms with E-state index in [9.17, 15) is 0 Å². The van der Waals surface area contributed by atoms with Crippen LogP contribution >= 0.6 is 0 Å². The summed E-state index contributed by atoms with van der Waals surface area (Å²) < 4.78 is 0. The van der Waals surface area contributed by atoms with E-state index in [1.54, 1.807) is 0 Å². The fraction of sp³-hybridized carbons (Fsp3) is 0.643. The van der Waals surface area contributed by atoms with Crippen molar-refractivity contribution in [3.63, 3.8) is 0 Å². The Labute approximate surface area is 97.7 Å². The normalized spacial score (nSPS) is 21.9. The Morgan fingerprint density at radius 1 is 1.06 bits per heavy atom. The summed E-state index contributed by atoms with van der Waals surface area (Å²) in [5.41, 5.74) is 1.52.